The quantitative estimate of drug-likeness (QED) is 0.280. The number of halogens is 1. The van der Waals surface area contributed by atoms with Crippen LogP contribution in [0.2, 0.25) is 0 Å². The molecule has 0 heterocycles. The van der Waals surface area contributed by atoms with E-state index in [1.807, 2.05) is 0 Å². The van der Waals surface area contributed by atoms with Crippen LogP contribution in [-0.4, -0.2) is 49.1 Å². The molecule has 8 heavy (non-hydrogen) atoms. The minimum Gasteiger partial charge on any atom is 0 e. The van der Waals surface area contributed by atoms with E-state index in [1.54, 1.807) is 0 Å². The van der Waals surface area contributed by atoms with Crippen LogP contribution in [0.15, 0.2) is 0 Å². The fraction of sp³-hybridized carbons (Fsp3) is 0.600. The first-order valence-electron chi connectivity index (χ1n) is 2.16. The van der Waals surface area contributed by atoms with Crippen LogP contribution in [0.3, 0.4) is 0 Å². The van der Waals surface area contributed by atoms with Gasteiger partial charge >= 0.3 is 64.3 Å². The molecule has 0 N–H and O–H groups in total. The van der Waals surface area contributed by atoms with Gasteiger partial charge in [-0.25, -0.2) is 0 Å². The number of unbranched alkanes of at least 4 members (excludes halogenated alkanes) is 1. The molecule has 0 aliphatic rings. The average molecular weight is 223 g/mol. The maximum atomic E-state index is 5.38. The monoisotopic (exact) mass is 223 g/mol. The summed E-state index contributed by atoms with van der Waals surface area (Å²) < 4.78 is 2.92. The third kappa shape index (κ3) is 10.3. The largest absolute Gasteiger partial charge is 0 e. The van der Waals surface area contributed by atoms with Gasteiger partial charge in [0.15, 0.2) is 0 Å². The first-order valence-corrected chi connectivity index (χ1v) is 4.34. The van der Waals surface area contributed by atoms with Gasteiger partial charge in [0.05, 0.1) is 0 Å². The Kier molecular flexibility index (Phi) is 16.8. The molecule has 0 atom stereocenters. The van der Waals surface area contributed by atoms with Crippen molar-refractivity contribution in [3.63, 3.8) is 0 Å². The van der Waals surface area contributed by atoms with Crippen molar-refractivity contribution in [1.82, 2.24) is 0 Å². The average Bonchev–Trinajstić information content (AvgIpc) is 1.69. The molecule has 3 radical (unpaired) electrons. The summed E-state index contributed by atoms with van der Waals surface area (Å²) in [5.41, 5.74) is 0. The minimum absolute atomic E-state index is 0. The molecule has 0 rings (SSSR count). The predicted molar refractivity (Wildman–Crippen MR) is 39.2 cm³/mol. The topological polar surface area (TPSA) is 0 Å². The van der Waals surface area contributed by atoms with E-state index in [0.717, 1.165) is 43.1 Å². The van der Waals surface area contributed by atoms with Gasteiger partial charge < -0.3 is 0 Å². The molecule has 0 aromatic carbocycles. The third-order valence-electron chi connectivity index (χ3n) is 0.537. The first-order chi connectivity index (χ1) is 3.41. The van der Waals surface area contributed by atoms with Crippen molar-refractivity contribution in [1.29, 1.82) is 0 Å². The molecular formula is C5H6ClInLi. The zero-order chi connectivity index (χ0) is 5.54. The Labute approximate surface area is 82.5 Å². The van der Waals surface area contributed by atoms with Crippen molar-refractivity contribution in [2.75, 3.05) is 5.88 Å². The van der Waals surface area contributed by atoms with Crippen molar-refractivity contribution < 1.29 is 0 Å². The number of alkyl halides is 1. The van der Waals surface area contributed by atoms with E-state index in [0.29, 0.717) is 0 Å². The summed E-state index contributed by atoms with van der Waals surface area (Å²) in [6.07, 6.45) is 2.01. The third-order valence-corrected chi connectivity index (χ3v) is 1.39. The normalized spacial score (nSPS) is 6.12. The van der Waals surface area contributed by atoms with Gasteiger partial charge in [-0.15, -0.1) is 0 Å². The number of rotatable bonds is 2. The van der Waals surface area contributed by atoms with Gasteiger partial charge in [0, 0.05) is 18.9 Å². The van der Waals surface area contributed by atoms with Crippen molar-refractivity contribution in [2.24, 2.45) is 0 Å². The fourth-order valence-corrected chi connectivity index (χ4v) is 0.773. The zero-order valence-electron chi connectivity index (χ0n) is 5.08. The Bertz CT molecular complexity index is 84.2. The second kappa shape index (κ2) is 11.2. The van der Waals surface area contributed by atoms with Crippen molar-refractivity contribution in [3.8, 4) is 9.60 Å². The van der Waals surface area contributed by atoms with Gasteiger partial charge in [-0.3, -0.25) is 0 Å². The molecule has 37 valence electrons. The Morgan fingerprint density at radius 2 is 2.12 bits per heavy atom. The predicted octanol–water partition coefficient (Wildman–Crippen LogP) is 0.754. The van der Waals surface area contributed by atoms with Gasteiger partial charge in [-0.1, -0.05) is 0 Å². The van der Waals surface area contributed by atoms with Gasteiger partial charge in [0.2, 0.25) is 0 Å². The van der Waals surface area contributed by atoms with Crippen LogP contribution in [0.25, 0.3) is 0 Å². The molecule has 0 aromatic rings. The van der Waals surface area contributed by atoms with Crippen LogP contribution in [0.4, 0.5) is 0 Å². The molecule has 0 aliphatic carbocycles. The Morgan fingerprint density at radius 1 is 1.50 bits per heavy atom. The van der Waals surface area contributed by atoms with Crippen LogP contribution >= 0.6 is 11.6 Å². The summed E-state index contributed by atoms with van der Waals surface area (Å²) in [6, 6.07) is 0. The summed E-state index contributed by atoms with van der Waals surface area (Å²) in [7, 11) is 0. The minimum atomic E-state index is 0. The molecule has 0 aliphatic heterocycles. The van der Waals surface area contributed by atoms with E-state index in [4.69, 9.17) is 11.6 Å². The molecule has 0 aromatic heterocycles. The van der Waals surface area contributed by atoms with Gasteiger partial charge in [-0.05, 0) is 0 Å². The van der Waals surface area contributed by atoms with Gasteiger partial charge in [0.25, 0.3) is 0 Å². The van der Waals surface area contributed by atoms with E-state index in [-0.39, 0.29) is 18.9 Å². The number of hydrogen-bond acceptors (Lipinski definition) is 0. The molecule has 0 nitrogen and oxygen atoms in total. The summed E-state index contributed by atoms with van der Waals surface area (Å²) in [5, 5.41) is 0. The summed E-state index contributed by atoms with van der Waals surface area (Å²) in [6.45, 7) is 0. The van der Waals surface area contributed by atoms with Crippen molar-refractivity contribution >= 4 is 54.8 Å². The molecule has 0 bridgehead atoms. The second-order valence-electron chi connectivity index (χ2n) is 1.11. The molecule has 0 saturated carbocycles. The summed E-state index contributed by atoms with van der Waals surface area (Å²) in [4.78, 5) is 0. The Hall–Kier alpha value is 1.32. The maximum Gasteiger partial charge on any atom is 0 e. The first kappa shape index (κ1) is 12.0. The van der Waals surface area contributed by atoms with E-state index in [1.165, 1.54) is 0 Å². The molecule has 0 amide bonds. The smallest absolute Gasteiger partial charge is 0 e. The van der Waals surface area contributed by atoms with Crippen LogP contribution in [-0.2, 0) is 0 Å². The molecule has 3 heteroatoms. The zero-order valence-corrected chi connectivity index (χ0v) is 9.13. The Morgan fingerprint density at radius 3 is 2.50 bits per heavy atom. The summed E-state index contributed by atoms with van der Waals surface area (Å²) >= 11 is 6.44. The molecule has 0 spiro atoms. The maximum absolute atomic E-state index is 5.38. The van der Waals surface area contributed by atoms with E-state index in [9.17, 15) is 0 Å². The summed E-state index contributed by atoms with van der Waals surface area (Å²) in [5.74, 6) is 3.72. The van der Waals surface area contributed by atoms with Crippen molar-refractivity contribution in [3.05, 3.63) is 0 Å². The van der Waals surface area contributed by atoms with Crippen LogP contribution in [0.5, 0.6) is 0 Å². The fourth-order valence-electron chi connectivity index (χ4n) is 0.227. The van der Waals surface area contributed by atoms with E-state index >= 15 is 0 Å². The molecule has 0 fully saturated rings. The van der Waals surface area contributed by atoms with E-state index in [2.05, 4.69) is 9.60 Å². The number of hydrogen-bond donors (Lipinski definition) is 0. The van der Waals surface area contributed by atoms with Crippen LogP contribution in [0.1, 0.15) is 12.8 Å². The van der Waals surface area contributed by atoms with E-state index < -0.39 is 0 Å². The van der Waals surface area contributed by atoms with Crippen molar-refractivity contribution in [2.45, 2.75) is 12.8 Å². The SMILES string of the molecule is ClCCCC#[C][In].[Li]. The Balaban J connectivity index is 0. The standard InChI is InChI=1S/C5H6Cl.In.Li/c1-2-3-4-5-6;;/h3-5H2;;. The molecular weight excluding hydrogens is 217 g/mol. The second-order valence-corrected chi connectivity index (χ2v) is 2.32. The van der Waals surface area contributed by atoms with Crippen LogP contribution < -0.4 is 0 Å². The van der Waals surface area contributed by atoms with Crippen LogP contribution in [0, 0.1) is 9.60 Å². The molecule has 0 saturated heterocycles. The van der Waals surface area contributed by atoms with Gasteiger partial charge in [-0.2, -0.15) is 0 Å². The molecule has 0 unspecified atom stereocenters. The van der Waals surface area contributed by atoms with Gasteiger partial charge in [0.1, 0.15) is 0 Å².